The molecular formula is C30H58O4. The Kier molecular flexibility index (Phi) is 25.7. The molecule has 34 heavy (non-hydrogen) atoms. The maximum atomic E-state index is 11.9. The average Bonchev–Trinajstić information content (AvgIpc) is 2.84. The SMILES string of the molecule is CCCCCCCCCCCCCCCCOC(=O)CCCCC(=O)OCC(CC)CCCC. The van der Waals surface area contributed by atoms with E-state index in [0.29, 0.717) is 44.8 Å². The van der Waals surface area contributed by atoms with Gasteiger partial charge in [0, 0.05) is 12.8 Å². The molecule has 0 aromatic carbocycles. The van der Waals surface area contributed by atoms with Gasteiger partial charge in [-0.05, 0) is 31.6 Å². The van der Waals surface area contributed by atoms with Gasteiger partial charge in [-0.25, -0.2) is 0 Å². The molecule has 0 radical (unpaired) electrons. The number of ether oxygens (including phenoxy) is 2. The topological polar surface area (TPSA) is 52.6 Å². The summed E-state index contributed by atoms with van der Waals surface area (Å²) >= 11 is 0. The lowest BCUT2D eigenvalue weighted by atomic mass is 10.0. The number of rotatable bonds is 26. The summed E-state index contributed by atoms with van der Waals surface area (Å²) in [5, 5.41) is 0. The van der Waals surface area contributed by atoms with Crippen LogP contribution in [0, 0.1) is 5.92 Å². The van der Waals surface area contributed by atoms with Crippen molar-refractivity contribution in [2.75, 3.05) is 13.2 Å². The molecule has 0 amide bonds. The van der Waals surface area contributed by atoms with Gasteiger partial charge in [0.1, 0.15) is 0 Å². The van der Waals surface area contributed by atoms with Crippen molar-refractivity contribution in [3.8, 4) is 0 Å². The standard InChI is InChI=1S/C30H58O4/c1-4-7-9-10-11-12-13-14-15-16-17-18-19-22-26-33-29(31)24-20-21-25-30(32)34-27-28(6-3)23-8-5-2/h28H,4-27H2,1-3H3. The van der Waals surface area contributed by atoms with Gasteiger partial charge < -0.3 is 9.47 Å². The van der Waals surface area contributed by atoms with Crippen LogP contribution in [-0.4, -0.2) is 25.2 Å². The Morgan fingerprint density at radius 1 is 0.529 bits per heavy atom. The highest BCUT2D eigenvalue weighted by molar-refractivity contribution is 5.70. The zero-order valence-electron chi connectivity index (χ0n) is 23.2. The van der Waals surface area contributed by atoms with E-state index in [1.54, 1.807) is 0 Å². The van der Waals surface area contributed by atoms with E-state index in [1.165, 1.54) is 89.9 Å². The first-order valence-electron chi connectivity index (χ1n) is 14.9. The third-order valence-corrected chi connectivity index (χ3v) is 6.80. The lowest BCUT2D eigenvalue weighted by Crippen LogP contribution is -2.14. The van der Waals surface area contributed by atoms with E-state index in [1.807, 2.05) is 0 Å². The molecule has 4 nitrogen and oxygen atoms in total. The van der Waals surface area contributed by atoms with Crippen molar-refractivity contribution >= 4 is 11.9 Å². The summed E-state index contributed by atoms with van der Waals surface area (Å²) in [6.45, 7) is 7.68. The lowest BCUT2D eigenvalue weighted by molar-refractivity contribution is -0.146. The lowest BCUT2D eigenvalue weighted by Gasteiger charge is -2.14. The Bertz CT molecular complexity index is 449. The molecule has 1 atom stereocenters. The Hall–Kier alpha value is -1.06. The molecule has 0 N–H and O–H groups in total. The maximum Gasteiger partial charge on any atom is 0.305 e. The van der Waals surface area contributed by atoms with Crippen LogP contribution in [0.3, 0.4) is 0 Å². The molecule has 202 valence electrons. The van der Waals surface area contributed by atoms with Crippen LogP contribution < -0.4 is 0 Å². The van der Waals surface area contributed by atoms with Gasteiger partial charge in [0.25, 0.3) is 0 Å². The molecule has 0 aromatic heterocycles. The van der Waals surface area contributed by atoms with Gasteiger partial charge in [-0.1, -0.05) is 124 Å². The molecule has 0 heterocycles. The Morgan fingerprint density at radius 3 is 1.44 bits per heavy atom. The molecule has 0 aliphatic heterocycles. The third-order valence-electron chi connectivity index (χ3n) is 6.80. The van der Waals surface area contributed by atoms with E-state index < -0.39 is 0 Å². The minimum atomic E-state index is -0.134. The number of esters is 2. The fourth-order valence-corrected chi connectivity index (χ4v) is 4.27. The molecule has 4 heteroatoms. The molecule has 0 aliphatic carbocycles. The second-order valence-electron chi connectivity index (χ2n) is 10.1. The highest BCUT2D eigenvalue weighted by atomic mass is 16.5. The van der Waals surface area contributed by atoms with Gasteiger partial charge in [0.05, 0.1) is 13.2 Å². The summed E-state index contributed by atoms with van der Waals surface area (Å²) in [5.74, 6) is 0.216. The highest BCUT2D eigenvalue weighted by Crippen LogP contribution is 2.14. The zero-order valence-corrected chi connectivity index (χ0v) is 23.2. The van der Waals surface area contributed by atoms with Crippen molar-refractivity contribution in [3.05, 3.63) is 0 Å². The first-order chi connectivity index (χ1) is 16.6. The van der Waals surface area contributed by atoms with Crippen molar-refractivity contribution < 1.29 is 19.1 Å². The van der Waals surface area contributed by atoms with Crippen molar-refractivity contribution in [2.24, 2.45) is 5.92 Å². The molecule has 0 bridgehead atoms. The molecule has 0 saturated carbocycles. The second-order valence-corrected chi connectivity index (χ2v) is 10.1. The predicted octanol–water partition coefficient (Wildman–Crippen LogP) is 9.33. The molecule has 0 saturated heterocycles. The smallest absolute Gasteiger partial charge is 0.305 e. The predicted molar refractivity (Wildman–Crippen MR) is 144 cm³/mol. The molecular weight excluding hydrogens is 424 g/mol. The molecule has 0 aliphatic rings. The summed E-state index contributed by atoms with van der Waals surface area (Å²) in [7, 11) is 0. The fraction of sp³-hybridized carbons (Fsp3) is 0.933. The summed E-state index contributed by atoms with van der Waals surface area (Å²) in [6, 6.07) is 0. The van der Waals surface area contributed by atoms with Crippen LogP contribution in [-0.2, 0) is 19.1 Å². The average molecular weight is 483 g/mol. The monoisotopic (exact) mass is 482 g/mol. The molecule has 0 aromatic rings. The Balaban J connectivity index is 3.37. The molecule has 0 rings (SSSR count). The molecule has 0 fully saturated rings. The largest absolute Gasteiger partial charge is 0.466 e. The fourth-order valence-electron chi connectivity index (χ4n) is 4.27. The van der Waals surface area contributed by atoms with Gasteiger partial charge in [-0.2, -0.15) is 0 Å². The highest BCUT2D eigenvalue weighted by Gasteiger charge is 2.10. The number of carbonyl (C=O) groups excluding carboxylic acids is 2. The van der Waals surface area contributed by atoms with Crippen LogP contribution >= 0.6 is 0 Å². The van der Waals surface area contributed by atoms with Gasteiger partial charge >= 0.3 is 11.9 Å². The normalized spacial score (nSPS) is 12.0. The van der Waals surface area contributed by atoms with Gasteiger partial charge in [-0.3, -0.25) is 9.59 Å². The number of hydrogen-bond acceptors (Lipinski definition) is 4. The van der Waals surface area contributed by atoms with E-state index in [2.05, 4.69) is 20.8 Å². The first-order valence-corrected chi connectivity index (χ1v) is 14.9. The summed E-state index contributed by atoms with van der Waals surface area (Å²) in [6.07, 6.45) is 25.3. The van der Waals surface area contributed by atoms with Crippen LogP contribution in [0.1, 0.15) is 162 Å². The number of unbranched alkanes of at least 4 members (excludes halogenated alkanes) is 15. The van der Waals surface area contributed by atoms with Crippen LogP contribution in [0.25, 0.3) is 0 Å². The van der Waals surface area contributed by atoms with E-state index in [-0.39, 0.29) is 11.9 Å². The minimum absolute atomic E-state index is 0.131. The Morgan fingerprint density at radius 2 is 0.971 bits per heavy atom. The van der Waals surface area contributed by atoms with Crippen LogP contribution in [0.2, 0.25) is 0 Å². The quantitative estimate of drug-likeness (QED) is 0.0910. The van der Waals surface area contributed by atoms with E-state index >= 15 is 0 Å². The van der Waals surface area contributed by atoms with Crippen molar-refractivity contribution in [1.82, 2.24) is 0 Å². The molecule has 0 spiro atoms. The maximum absolute atomic E-state index is 11.9. The van der Waals surface area contributed by atoms with Gasteiger partial charge in [-0.15, -0.1) is 0 Å². The van der Waals surface area contributed by atoms with Crippen LogP contribution in [0.4, 0.5) is 0 Å². The summed E-state index contributed by atoms with van der Waals surface area (Å²) in [5.41, 5.74) is 0. The zero-order chi connectivity index (χ0) is 25.1. The van der Waals surface area contributed by atoms with E-state index in [0.717, 1.165) is 25.7 Å². The summed E-state index contributed by atoms with van der Waals surface area (Å²) in [4.78, 5) is 23.7. The van der Waals surface area contributed by atoms with E-state index in [9.17, 15) is 9.59 Å². The second kappa shape index (κ2) is 26.5. The summed E-state index contributed by atoms with van der Waals surface area (Å²) < 4.78 is 10.7. The number of carbonyl (C=O) groups is 2. The minimum Gasteiger partial charge on any atom is -0.466 e. The van der Waals surface area contributed by atoms with Crippen LogP contribution in [0.5, 0.6) is 0 Å². The van der Waals surface area contributed by atoms with Crippen molar-refractivity contribution in [2.45, 2.75) is 162 Å². The first kappa shape index (κ1) is 32.9. The van der Waals surface area contributed by atoms with Crippen molar-refractivity contribution in [3.63, 3.8) is 0 Å². The van der Waals surface area contributed by atoms with Gasteiger partial charge in [0.2, 0.25) is 0 Å². The Labute approximate surface area is 212 Å². The van der Waals surface area contributed by atoms with Gasteiger partial charge in [0.15, 0.2) is 0 Å². The van der Waals surface area contributed by atoms with Crippen molar-refractivity contribution in [1.29, 1.82) is 0 Å². The third kappa shape index (κ3) is 24.1. The van der Waals surface area contributed by atoms with E-state index in [4.69, 9.17) is 9.47 Å². The molecule has 1 unspecified atom stereocenters. The van der Waals surface area contributed by atoms with Crippen LogP contribution in [0.15, 0.2) is 0 Å². The number of hydrogen-bond donors (Lipinski definition) is 0.